The summed E-state index contributed by atoms with van der Waals surface area (Å²) in [6, 6.07) is 0. The summed E-state index contributed by atoms with van der Waals surface area (Å²) in [5, 5.41) is 8.90. The van der Waals surface area contributed by atoms with E-state index in [1.165, 1.54) is 0 Å². The number of rotatable bonds is 3. The molecule has 1 saturated heterocycles. The highest BCUT2D eigenvalue weighted by Gasteiger charge is 2.28. The first-order valence-corrected chi connectivity index (χ1v) is 3.74. The first-order valence-electron chi connectivity index (χ1n) is 3.74. The minimum Gasteiger partial charge on any atom is -0.434 e. The number of ether oxygens (including phenoxy) is 2. The number of hydrogen-bond donors (Lipinski definition) is 1. The van der Waals surface area contributed by atoms with Crippen LogP contribution in [0.5, 0.6) is 0 Å². The van der Waals surface area contributed by atoms with Gasteiger partial charge in [0.15, 0.2) is 12.4 Å². The maximum absolute atomic E-state index is 10.9. The Labute approximate surface area is 65.1 Å². The van der Waals surface area contributed by atoms with Crippen LogP contribution >= 0.6 is 0 Å². The zero-order chi connectivity index (χ0) is 8.27. The average Bonchev–Trinajstić information content (AvgIpc) is 1.83. The van der Waals surface area contributed by atoms with Crippen molar-refractivity contribution in [3.63, 3.8) is 0 Å². The predicted molar refractivity (Wildman–Crippen MR) is 36.7 cm³/mol. The molecule has 1 rings (SSSR count). The molecule has 1 aliphatic heterocycles. The number of aliphatic hydroxyl groups excluding tert-OH is 1. The molecule has 2 unspecified atom stereocenters. The third kappa shape index (κ3) is 2.17. The number of esters is 1. The summed E-state index contributed by atoms with van der Waals surface area (Å²) in [6.45, 7) is 2.35. The average molecular weight is 160 g/mol. The van der Waals surface area contributed by atoms with Gasteiger partial charge in [-0.1, -0.05) is 6.92 Å². The molecule has 1 N–H and O–H groups in total. The molecule has 4 nitrogen and oxygen atoms in total. The van der Waals surface area contributed by atoms with E-state index < -0.39 is 18.4 Å². The van der Waals surface area contributed by atoms with Crippen LogP contribution in [0.4, 0.5) is 0 Å². The molecule has 1 heterocycles. The predicted octanol–water partition coefficient (Wildman–Crippen LogP) is 0.0469. The van der Waals surface area contributed by atoms with E-state index in [0.29, 0.717) is 19.4 Å². The summed E-state index contributed by atoms with van der Waals surface area (Å²) in [4.78, 5) is 10.9. The largest absolute Gasteiger partial charge is 0.434 e. The Morgan fingerprint density at radius 3 is 2.91 bits per heavy atom. The fourth-order valence-corrected chi connectivity index (χ4v) is 0.715. The number of carbonyl (C=O) groups is 1. The van der Waals surface area contributed by atoms with Crippen molar-refractivity contribution in [2.45, 2.75) is 32.2 Å². The molecule has 1 fully saturated rings. The second-order valence-electron chi connectivity index (χ2n) is 2.45. The van der Waals surface area contributed by atoms with Crippen molar-refractivity contribution in [2.24, 2.45) is 0 Å². The van der Waals surface area contributed by atoms with Crippen LogP contribution in [0.2, 0.25) is 0 Å². The molecule has 0 aromatic heterocycles. The minimum atomic E-state index is -0.980. The monoisotopic (exact) mass is 160 g/mol. The lowest BCUT2D eigenvalue weighted by atomic mass is 10.2. The first kappa shape index (κ1) is 8.49. The fraction of sp³-hybridized carbons (Fsp3) is 0.857. The third-order valence-corrected chi connectivity index (χ3v) is 1.56. The number of aliphatic hydroxyl groups is 1. The van der Waals surface area contributed by atoms with Gasteiger partial charge in [0.2, 0.25) is 0 Å². The van der Waals surface area contributed by atoms with Crippen LogP contribution in [0.15, 0.2) is 0 Å². The van der Waals surface area contributed by atoms with Gasteiger partial charge in [0, 0.05) is 12.8 Å². The van der Waals surface area contributed by atoms with Gasteiger partial charge < -0.3 is 14.6 Å². The van der Waals surface area contributed by atoms with Gasteiger partial charge in [0.25, 0.3) is 0 Å². The second kappa shape index (κ2) is 3.69. The SMILES string of the molecule is CCC(O)OC(=O)C1CCO1. The van der Waals surface area contributed by atoms with Crippen LogP contribution in [-0.2, 0) is 14.3 Å². The van der Waals surface area contributed by atoms with Gasteiger partial charge in [-0.2, -0.15) is 0 Å². The highest BCUT2D eigenvalue weighted by atomic mass is 16.7. The molecule has 0 radical (unpaired) electrons. The summed E-state index contributed by atoms with van der Waals surface area (Å²) in [6.07, 6.45) is -0.295. The molecule has 0 spiro atoms. The molecule has 0 saturated carbocycles. The van der Waals surface area contributed by atoms with E-state index in [1.807, 2.05) is 0 Å². The summed E-state index contributed by atoms with van der Waals surface area (Å²) in [5.41, 5.74) is 0. The van der Waals surface area contributed by atoms with Crippen LogP contribution in [-0.4, -0.2) is 30.1 Å². The Hall–Kier alpha value is -0.610. The Kier molecular flexibility index (Phi) is 2.84. The second-order valence-corrected chi connectivity index (χ2v) is 2.45. The number of hydrogen-bond acceptors (Lipinski definition) is 4. The lowest BCUT2D eigenvalue weighted by Gasteiger charge is -2.25. The molecule has 0 bridgehead atoms. The summed E-state index contributed by atoms with van der Waals surface area (Å²) in [7, 11) is 0. The van der Waals surface area contributed by atoms with E-state index in [4.69, 9.17) is 9.84 Å². The zero-order valence-corrected chi connectivity index (χ0v) is 6.45. The molecular formula is C7H12O4. The van der Waals surface area contributed by atoms with Gasteiger partial charge in [-0.15, -0.1) is 0 Å². The Morgan fingerprint density at radius 1 is 1.91 bits per heavy atom. The van der Waals surface area contributed by atoms with Gasteiger partial charge in [-0.05, 0) is 0 Å². The standard InChI is InChI=1S/C7H12O4/c1-2-6(8)11-7(9)5-3-4-10-5/h5-6,8H,2-4H2,1H3. The highest BCUT2D eigenvalue weighted by molar-refractivity contribution is 5.75. The van der Waals surface area contributed by atoms with Crippen molar-refractivity contribution in [3.8, 4) is 0 Å². The van der Waals surface area contributed by atoms with Crippen molar-refractivity contribution in [3.05, 3.63) is 0 Å². The quantitative estimate of drug-likeness (QED) is 0.468. The van der Waals surface area contributed by atoms with Gasteiger partial charge in [0.1, 0.15) is 0 Å². The first-order chi connectivity index (χ1) is 5.24. The summed E-state index contributed by atoms with van der Waals surface area (Å²) >= 11 is 0. The molecule has 0 aliphatic carbocycles. The molecule has 11 heavy (non-hydrogen) atoms. The fourth-order valence-electron chi connectivity index (χ4n) is 0.715. The maximum Gasteiger partial charge on any atom is 0.337 e. The van der Waals surface area contributed by atoms with Crippen molar-refractivity contribution in [1.82, 2.24) is 0 Å². The van der Waals surface area contributed by atoms with Gasteiger partial charge >= 0.3 is 5.97 Å². The molecular weight excluding hydrogens is 148 g/mol. The Balaban J connectivity index is 2.19. The third-order valence-electron chi connectivity index (χ3n) is 1.56. The Morgan fingerprint density at radius 2 is 2.55 bits per heavy atom. The number of carbonyl (C=O) groups excluding carboxylic acids is 1. The zero-order valence-electron chi connectivity index (χ0n) is 6.45. The van der Waals surface area contributed by atoms with Crippen LogP contribution in [0.3, 0.4) is 0 Å². The summed E-state index contributed by atoms with van der Waals surface area (Å²) < 4.78 is 9.45. The molecule has 0 aromatic carbocycles. The normalized spacial score (nSPS) is 25.5. The van der Waals surface area contributed by atoms with Crippen molar-refractivity contribution in [2.75, 3.05) is 6.61 Å². The lowest BCUT2D eigenvalue weighted by molar-refractivity contribution is -0.191. The van der Waals surface area contributed by atoms with Gasteiger partial charge in [-0.3, -0.25) is 0 Å². The topological polar surface area (TPSA) is 55.8 Å². The maximum atomic E-state index is 10.9. The molecule has 4 heteroatoms. The minimum absolute atomic E-state index is 0.415. The molecule has 2 atom stereocenters. The van der Waals surface area contributed by atoms with E-state index in [9.17, 15) is 4.79 Å². The van der Waals surface area contributed by atoms with Crippen molar-refractivity contribution >= 4 is 5.97 Å². The van der Waals surface area contributed by atoms with Crippen LogP contribution in [0.25, 0.3) is 0 Å². The molecule has 1 aliphatic rings. The lowest BCUT2D eigenvalue weighted by Crippen LogP contribution is -2.38. The van der Waals surface area contributed by atoms with Crippen LogP contribution in [0, 0.1) is 0 Å². The smallest absolute Gasteiger partial charge is 0.337 e. The van der Waals surface area contributed by atoms with E-state index in [2.05, 4.69) is 4.74 Å². The van der Waals surface area contributed by atoms with E-state index in [0.717, 1.165) is 0 Å². The summed E-state index contributed by atoms with van der Waals surface area (Å²) in [5.74, 6) is -0.453. The Bertz CT molecular complexity index is 141. The van der Waals surface area contributed by atoms with Crippen molar-refractivity contribution < 1.29 is 19.4 Å². The van der Waals surface area contributed by atoms with Gasteiger partial charge in [0.05, 0.1) is 6.61 Å². The highest BCUT2D eigenvalue weighted by Crippen LogP contribution is 2.13. The molecule has 0 amide bonds. The molecule has 64 valence electrons. The molecule has 0 aromatic rings. The van der Waals surface area contributed by atoms with Crippen LogP contribution in [0.1, 0.15) is 19.8 Å². The van der Waals surface area contributed by atoms with E-state index in [1.54, 1.807) is 6.92 Å². The van der Waals surface area contributed by atoms with Gasteiger partial charge in [-0.25, -0.2) is 4.79 Å². The van der Waals surface area contributed by atoms with Crippen molar-refractivity contribution in [1.29, 1.82) is 0 Å². The van der Waals surface area contributed by atoms with Crippen LogP contribution < -0.4 is 0 Å². The van der Waals surface area contributed by atoms with E-state index >= 15 is 0 Å². The van der Waals surface area contributed by atoms with E-state index in [-0.39, 0.29) is 0 Å².